The Morgan fingerprint density at radius 3 is 2.58 bits per heavy atom. The van der Waals surface area contributed by atoms with Gasteiger partial charge in [0.25, 0.3) is 5.91 Å². The summed E-state index contributed by atoms with van der Waals surface area (Å²) >= 11 is 0. The second kappa shape index (κ2) is 9.24. The molecule has 0 aliphatic carbocycles. The summed E-state index contributed by atoms with van der Waals surface area (Å²) in [6, 6.07) is 4.93. The van der Waals surface area contributed by atoms with E-state index < -0.39 is 11.1 Å². The number of aromatic amines is 1. The first-order valence-corrected chi connectivity index (χ1v) is 7.84. The molecule has 1 aromatic carbocycles. The second-order valence-corrected chi connectivity index (χ2v) is 5.24. The highest BCUT2D eigenvalue weighted by Crippen LogP contribution is 2.11. The number of fused-ring (bicyclic) bond motifs is 1. The van der Waals surface area contributed by atoms with Gasteiger partial charge in [0, 0.05) is 25.2 Å². The molecule has 0 unspecified atom stereocenters. The molecule has 2 rings (SSSR count). The molecule has 7 nitrogen and oxygen atoms in total. The molecule has 0 spiro atoms. The van der Waals surface area contributed by atoms with Gasteiger partial charge in [-0.05, 0) is 38.1 Å². The summed E-state index contributed by atoms with van der Waals surface area (Å²) in [6.07, 6.45) is 1.05. The van der Waals surface area contributed by atoms with Crippen molar-refractivity contribution in [1.29, 1.82) is 0 Å². The zero-order chi connectivity index (χ0) is 16.8. The van der Waals surface area contributed by atoms with Crippen LogP contribution in [0.2, 0.25) is 0 Å². The lowest BCUT2D eigenvalue weighted by atomic mass is 10.1. The fourth-order valence-corrected chi connectivity index (χ4v) is 2.40. The normalized spacial score (nSPS) is 10.4. The van der Waals surface area contributed by atoms with Crippen molar-refractivity contribution in [1.82, 2.24) is 20.2 Å². The predicted molar refractivity (Wildman–Crippen MR) is 97.2 cm³/mol. The van der Waals surface area contributed by atoms with E-state index in [0.717, 1.165) is 13.0 Å². The summed E-state index contributed by atoms with van der Waals surface area (Å²) in [5.41, 5.74) is 0.274. The van der Waals surface area contributed by atoms with E-state index in [1.165, 1.54) is 4.57 Å². The Hall–Kier alpha value is -2.12. The molecule has 0 fully saturated rings. The number of amides is 1. The number of aromatic nitrogens is 2. The topological polar surface area (TPSA) is 96.0 Å². The molecule has 0 aliphatic rings. The quantitative estimate of drug-likeness (QED) is 0.507. The molecule has 0 saturated carbocycles. The van der Waals surface area contributed by atoms with Gasteiger partial charge in [-0.2, -0.15) is 0 Å². The smallest absolute Gasteiger partial charge is 0.316 e. The van der Waals surface area contributed by atoms with Gasteiger partial charge < -0.3 is 20.2 Å². The van der Waals surface area contributed by atoms with Gasteiger partial charge in [-0.1, -0.05) is 6.92 Å². The van der Waals surface area contributed by atoms with Crippen LogP contribution in [-0.4, -0.2) is 35.1 Å². The summed E-state index contributed by atoms with van der Waals surface area (Å²) in [7, 11) is 0. The molecular weight excluding hydrogens is 332 g/mol. The molecule has 0 bridgehead atoms. The number of aryl methyl sites for hydroxylation is 1. The summed E-state index contributed by atoms with van der Waals surface area (Å²) < 4.78 is 1.39. The van der Waals surface area contributed by atoms with Crippen molar-refractivity contribution in [3.63, 3.8) is 0 Å². The number of benzene rings is 1. The standard InChI is InChI=1S/C16H22N4O3.ClH/c1-3-7-17-8-9-18-14(21)11-5-6-13-12(10-11)19-15(22)16(23)20(13)4-2;/h5-6,10,17H,3-4,7-9H2,1-2H3,(H,18,21)(H,19,22);1H. The number of nitrogens with zero attached hydrogens (tertiary/aromatic N) is 1. The molecule has 1 heterocycles. The summed E-state index contributed by atoms with van der Waals surface area (Å²) in [4.78, 5) is 38.1. The van der Waals surface area contributed by atoms with Crippen molar-refractivity contribution in [2.75, 3.05) is 19.6 Å². The number of carbonyl (C=O) groups excluding carboxylic acids is 1. The van der Waals surface area contributed by atoms with Gasteiger partial charge >= 0.3 is 11.1 Å². The van der Waals surface area contributed by atoms with Crippen LogP contribution in [0.4, 0.5) is 0 Å². The third-order valence-corrected chi connectivity index (χ3v) is 3.57. The van der Waals surface area contributed by atoms with E-state index in [1.54, 1.807) is 25.1 Å². The first-order valence-electron chi connectivity index (χ1n) is 7.84. The number of halogens is 1. The first kappa shape index (κ1) is 19.9. The molecule has 132 valence electrons. The van der Waals surface area contributed by atoms with Crippen LogP contribution >= 0.6 is 12.4 Å². The van der Waals surface area contributed by atoms with E-state index in [0.29, 0.717) is 36.2 Å². The summed E-state index contributed by atoms with van der Waals surface area (Å²) in [6.45, 7) is 6.43. The largest absolute Gasteiger partial charge is 0.351 e. The molecule has 8 heteroatoms. The number of hydrogen-bond acceptors (Lipinski definition) is 4. The first-order chi connectivity index (χ1) is 11.1. The SMILES string of the molecule is CCCNCCNC(=O)c1ccc2c(c1)[nH]c(=O)c(=O)n2CC.Cl. The Balaban J connectivity index is 0.00000288. The van der Waals surface area contributed by atoms with Crippen molar-refractivity contribution < 1.29 is 4.79 Å². The molecule has 24 heavy (non-hydrogen) atoms. The third-order valence-electron chi connectivity index (χ3n) is 3.57. The highest BCUT2D eigenvalue weighted by molar-refractivity contribution is 5.97. The highest BCUT2D eigenvalue weighted by Gasteiger charge is 2.10. The van der Waals surface area contributed by atoms with Gasteiger partial charge in [-0.15, -0.1) is 12.4 Å². The molecule has 0 radical (unpaired) electrons. The van der Waals surface area contributed by atoms with Crippen molar-refractivity contribution in [2.24, 2.45) is 0 Å². The number of H-pyrrole nitrogens is 1. The Labute approximate surface area is 145 Å². The molecular formula is C16H23ClN4O3. The van der Waals surface area contributed by atoms with Gasteiger partial charge in [0.05, 0.1) is 11.0 Å². The van der Waals surface area contributed by atoms with Crippen molar-refractivity contribution in [3.05, 3.63) is 44.5 Å². The average molecular weight is 355 g/mol. The Bertz CT molecular complexity index is 813. The maximum atomic E-state index is 12.1. The maximum Gasteiger partial charge on any atom is 0.316 e. The minimum absolute atomic E-state index is 0. The minimum Gasteiger partial charge on any atom is -0.351 e. The second-order valence-electron chi connectivity index (χ2n) is 5.24. The molecule has 0 atom stereocenters. The van der Waals surface area contributed by atoms with Gasteiger partial charge in [0.2, 0.25) is 0 Å². The van der Waals surface area contributed by atoms with Crippen LogP contribution < -0.4 is 21.8 Å². The van der Waals surface area contributed by atoms with E-state index >= 15 is 0 Å². The lowest BCUT2D eigenvalue weighted by Gasteiger charge is -2.09. The number of carbonyl (C=O) groups is 1. The number of hydrogen-bond donors (Lipinski definition) is 3. The van der Waals surface area contributed by atoms with E-state index in [-0.39, 0.29) is 18.3 Å². The van der Waals surface area contributed by atoms with E-state index in [1.807, 2.05) is 0 Å². The van der Waals surface area contributed by atoms with Crippen molar-refractivity contribution >= 4 is 29.3 Å². The van der Waals surface area contributed by atoms with Gasteiger partial charge in [-0.3, -0.25) is 14.4 Å². The van der Waals surface area contributed by atoms with Crippen LogP contribution in [0, 0.1) is 0 Å². The number of nitrogens with one attached hydrogen (secondary N) is 3. The van der Waals surface area contributed by atoms with Crippen molar-refractivity contribution in [2.45, 2.75) is 26.8 Å². The minimum atomic E-state index is -0.680. The predicted octanol–water partition coefficient (Wildman–Crippen LogP) is 0.861. The third kappa shape index (κ3) is 4.46. The van der Waals surface area contributed by atoms with E-state index in [4.69, 9.17) is 0 Å². The summed E-state index contributed by atoms with van der Waals surface area (Å²) in [5.74, 6) is -0.208. The number of rotatable bonds is 7. The molecule has 0 saturated heterocycles. The lowest BCUT2D eigenvalue weighted by Crippen LogP contribution is -2.36. The highest BCUT2D eigenvalue weighted by atomic mass is 35.5. The maximum absolute atomic E-state index is 12.1. The fourth-order valence-electron chi connectivity index (χ4n) is 2.40. The van der Waals surface area contributed by atoms with Crippen LogP contribution in [0.3, 0.4) is 0 Å². The van der Waals surface area contributed by atoms with Crippen LogP contribution in [0.5, 0.6) is 0 Å². The van der Waals surface area contributed by atoms with Gasteiger partial charge in [-0.25, -0.2) is 0 Å². The Morgan fingerprint density at radius 1 is 1.17 bits per heavy atom. The van der Waals surface area contributed by atoms with Gasteiger partial charge in [0.15, 0.2) is 0 Å². The molecule has 1 amide bonds. The Morgan fingerprint density at radius 2 is 1.92 bits per heavy atom. The average Bonchev–Trinajstić information content (AvgIpc) is 2.55. The zero-order valence-corrected chi connectivity index (χ0v) is 14.7. The van der Waals surface area contributed by atoms with E-state index in [2.05, 4.69) is 22.5 Å². The molecule has 2 aromatic rings. The van der Waals surface area contributed by atoms with Crippen LogP contribution in [0.1, 0.15) is 30.6 Å². The fraction of sp³-hybridized carbons (Fsp3) is 0.438. The van der Waals surface area contributed by atoms with E-state index in [9.17, 15) is 14.4 Å². The van der Waals surface area contributed by atoms with Crippen LogP contribution in [0.15, 0.2) is 27.8 Å². The monoisotopic (exact) mass is 354 g/mol. The molecule has 0 aliphatic heterocycles. The lowest BCUT2D eigenvalue weighted by molar-refractivity contribution is 0.0954. The van der Waals surface area contributed by atoms with Crippen LogP contribution in [-0.2, 0) is 6.54 Å². The zero-order valence-electron chi connectivity index (χ0n) is 13.8. The van der Waals surface area contributed by atoms with Crippen molar-refractivity contribution in [3.8, 4) is 0 Å². The molecule has 1 aromatic heterocycles. The molecule has 3 N–H and O–H groups in total. The Kier molecular flexibility index (Phi) is 7.67. The van der Waals surface area contributed by atoms with Gasteiger partial charge in [0.1, 0.15) is 0 Å². The van der Waals surface area contributed by atoms with Crippen LogP contribution in [0.25, 0.3) is 11.0 Å². The summed E-state index contributed by atoms with van der Waals surface area (Å²) in [5, 5.41) is 6.02.